The van der Waals surface area contributed by atoms with Gasteiger partial charge < -0.3 is 5.01 Å². The van der Waals surface area contributed by atoms with Crippen molar-refractivity contribution < 1.29 is 4.79 Å². The van der Waals surface area contributed by atoms with Crippen LogP contribution in [0.2, 0.25) is 0 Å². The number of anilines is 1. The number of carbonyl (C=O) groups excluding carboxylic acids is 1. The molecule has 0 heterocycles. The maximum absolute atomic E-state index is 10.4. The summed E-state index contributed by atoms with van der Waals surface area (Å²) in [6.45, 7) is 2.68. The second kappa shape index (κ2) is 3.88. The van der Waals surface area contributed by atoms with Crippen molar-refractivity contribution in [3.8, 4) is 0 Å². The van der Waals surface area contributed by atoms with Gasteiger partial charge in [-0.15, -0.1) is 0 Å². The molecule has 1 aromatic carbocycles. The number of benzene rings is 1. The lowest BCUT2D eigenvalue weighted by Gasteiger charge is -2.15. The Bertz CT molecular complexity index is 273. The summed E-state index contributed by atoms with van der Waals surface area (Å²) in [7, 11) is 0. The minimum Gasteiger partial charge on any atom is -0.311 e. The highest BCUT2D eigenvalue weighted by Crippen LogP contribution is 2.11. The Morgan fingerprint density at radius 2 is 2.33 bits per heavy atom. The molecule has 12 heavy (non-hydrogen) atoms. The maximum atomic E-state index is 10.4. The largest absolute Gasteiger partial charge is 0.311 e. The zero-order chi connectivity index (χ0) is 8.97. The summed E-state index contributed by atoms with van der Waals surface area (Å²) in [6, 6.07) is 7.20. The van der Waals surface area contributed by atoms with Crippen LogP contribution in [0.25, 0.3) is 0 Å². The van der Waals surface area contributed by atoms with Crippen molar-refractivity contribution in [3.05, 3.63) is 29.8 Å². The van der Waals surface area contributed by atoms with Crippen LogP contribution in [0.15, 0.2) is 24.3 Å². The molecule has 0 saturated carbocycles. The third-order valence-corrected chi connectivity index (χ3v) is 1.68. The molecular formula is C9H12N2O. The van der Waals surface area contributed by atoms with E-state index < -0.39 is 0 Å². The average Bonchev–Trinajstić information content (AvgIpc) is 2.17. The Kier molecular flexibility index (Phi) is 2.82. The van der Waals surface area contributed by atoms with E-state index in [1.807, 2.05) is 19.1 Å². The zero-order valence-electron chi connectivity index (χ0n) is 7.03. The van der Waals surface area contributed by atoms with E-state index >= 15 is 0 Å². The van der Waals surface area contributed by atoms with Crippen LogP contribution < -0.4 is 10.9 Å². The van der Waals surface area contributed by atoms with Crippen LogP contribution >= 0.6 is 0 Å². The topological polar surface area (TPSA) is 46.3 Å². The van der Waals surface area contributed by atoms with Crippen LogP contribution in [0.3, 0.4) is 0 Å². The number of rotatable bonds is 3. The van der Waals surface area contributed by atoms with E-state index in [4.69, 9.17) is 5.84 Å². The Morgan fingerprint density at radius 3 is 2.92 bits per heavy atom. The van der Waals surface area contributed by atoms with Gasteiger partial charge in [-0.2, -0.15) is 0 Å². The number of aldehydes is 1. The summed E-state index contributed by atoms with van der Waals surface area (Å²) < 4.78 is 0. The maximum Gasteiger partial charge on any atom is 0.150 e. The zero-order valence-corrected chi connectivity index (χ0v) is 7.03. The van der Waals surface area contributed by atoms with Gasteiger partial charge >= 0.3 is 0 Å². The highest BCUT2D eigenvalue weighted by Gasteiger charge is 1.98. The Hall–Kier alpha value is -1.35. The molecule has 0 saturated heterocycles. The molecule has 1 rings (SSSR count). The second-order valence-electron chi connectivity index (χ2n) is 2.50. The van der Waals surface area contributed by atoms with E-state index in [1.165, 1.54) is 0 Å². The first-order valence-electron chi connectivity index (χ1n) is 3.85. The molecule has 0 amide bonds. The van der Waals surface area contributed by atoms with Gasteiger partial charge in [0.05, 0.1) is 5.69 Å². The first-order valence-corrected chi connectivity index (χ1v) is 3.85. The molecule has 0 unspecified atom stereocenters. The summed E-state index contributed by atoms with van der Waals surface area (Å²) in [4.78, 5) is 10.4. The molecule has 0 radical (unpaired) electrons. The monoisotopic (exact) mass is 164 g/mol. The molecule has 3 nitrogen and oxygen atoms in total. The summed E-state index contributed by atoms with van der Waals surface area (Å²) >= 11 is 0. The lowest BCUT2D eigenvalue weighted by Crippen LogP contribution is -2.30. The summed E-state index contributed by atoms with van der Waals surface area (Å²) in [5.41, 5.74) is 1.51. The molecule has 2 N–H and O–H groups in total. The number of hydrogen-bond acceptors (Lipinski definition) is 3. The molecule has 0 aromatic heterocycles. The molecule has 0 aliphatic heterocycles. The highest BCUT2D eigenvalue weighted by atomic mass is 16.1. The third-order valence-electron chi connectivity index (χ3n) is 1.68. The van der Waals surface area contributed by atoms with Gasteiger partial charge in [0.1, 0.15) is 6.29 Å². The van der Waals surface area contributed by atoms with E-state index in [0.29, 0.717) is 5.56 Å². The van der Waals surface area contributed by atoms with Gasteiger partial charge in [0.2, 0.25) is 0 Å². The van der Waals surface area contributed by atoms with Crippen LogP contribution in [0.5, 0.6) is 0 Å². The van der Waals surface area contributed by atoms with Crippen LogP contribution in [0.1, 0.15) is 17.3 Å². The fourth-order valence-corrected chi connectivity index (χ4v) is 0.959. The predicted molar refractivity (Wildman–Crippen MR) is 49.0 cm³/mol. The predicted octanol–water partition coefficient (Wildman–Crippen LogP) is 1.20. The van der Waals surface area contributed by atoms with Crippen molar-refractivity contribution in [2.24, 2.45) is 5.84 Å². The first-order chi connectivity index (χ1) is 5.77. The molecule has 1 aromatic rings. The standard InChI is InChI=1S/C9H12N2O/c1-2-11(10)9-5-3-4-8(6-9)7-12/h3-7H,2,10H2,1H3. The van der Waals surface area contributed by atoms with Gasteiger partial charge in [0.15, 0.2) is 0 Å². The lowest BCUT2D eigenvalue weighted by molar-refractivity contribution is 0.112. The van der Waals surface area contributed by atoms with Gasteiger partial charge in [-0.05, 0) is 19.1 Å². The molecule has 0 bridgehead atoms. The quantitative estimate of drug-likeness (QED) is 0.415. The van der Waals surface area contributed by atoms with Crippen LogP contribution in [-0.2, 0) is 0 Å². The number of nitrogens with zero attached hydrogens (tertiary/aromatic N) is 1. The summed E-state index contributed by atoms with van der Waals surface area (Å²) in [6.07, 6.45) is 0.812. The molecule has 64 valence electrons. The summed E-state index contributed by atoms with van der Waals surface area (Å²) in [5, 5.41) is 1.59. The number of hydrazine groups is 1. The average molecular weight is 164 g/mol. The Morgan fingerprint density at radius 1 is 1.58 bits per heavy atom. The molecule has 0 atom stereocenters. The van der Waals surface area contributed by atoms with E-state index in [9.17, 15) is 4.79 Å². The van der Waals surface area contributed by atoms with Crippen molar-refractivity contribution in [3.63, 3.8) is 0 Å². The van der Waals surface area contributed by atoms with E-state index in [0.717, 1.165) is 18.5 Å². The van der Waals surface area contributed by atoms with E-state index in [2.05, 4.69) is 0 Å². The van der Waals surface area contributed by atoms with Gasteiger partial charge in [-0.25, -0.2) is 5.84 Å². The van der Waals surface area contributed by atoms with Gasteiger partial charge in [0.25, 0.3) is 0 Å². The summed E-state index contributed by atoms with van der Waals surface area (Å²) in [5.74, 6) is 5.64. The molecule has 0 aliphatic carbocycles. The second-order valence-corrected chi connectivity index (χ2v) is 2.50. The van der Waals surface area contributed by atoms with Crippen molar-refractivity contribution >= 4 is 12.0 Å². The first kappa shape index (κ1) is 8.74. The van der Waals surface area contributed by atoms with Crippen molar-refractivity contribution in [1.29, 1.82) is 0 Å². The Balaban J connectivity index is 2.93. The lowest BCUT2D eigenvalue weighted by atomic mass is 10.2. The Labute approximate surface area is 71.8 Å². The fraction of sp³-hybridized carbons (Fsp3) is 0.222. The minimum absolute atomic E-state index is 0.649. The fourth-order valence-electron chi connectivity index (χ4n) is 0.959. The number of nitrogens with two attached hydrogens (primary N) is 1. The van der Waals surface area contributed by atoms with Crippen LogP contribution in [0, 0.1) is 0 Å². The molecule has 0 spiro atoms. The SMILES string of the molecule is CCN(N)c1cccc(C=O)c1. The molecule has 3 heteroatoms. The highest BCUT2D eigenvalue weighted by molar-refractivity contribution is 5.76. The van der Waals surface area contributed by atoms with E-state index in [1.54, 1.807) is 17.1 Å². The number of hydrogen-bond donors (Lipinski definition) is 1. The molecular weight excluding hydrogens is 152 g/mol. The van der Waals surface area contributed by atoms with Crippen LogP contribution in [0.4, 0.5) is 5.69 Å². The van der Waals surface area contributed by atoms with Crippen molar-refractivity contribution in [1.82, 2.24) is 0 Å². The van der Waals surface area contributed by atoms with Gasteiger partial charge in [0, 0.05) is 12.1 Å². The molecule has 0 fully saturated rings. The van der Waals surface area contributed by atoms with Crippen molar-refractivity contribution in [2.75, 3.05) is 11.6 Å². The smallest absolute Gasteiger partial charge is 0.150 e. The van der Waals surface area contributed by atoms with E-state index in [-0.39, 0.29) is 0 Å². The molecule has 0 aliphatic rings. The van der Waals surface area contributed by atoms with Crippen LogP contribution in [-0.4, -0.2) is 12.8 Å². The third kappa shape index (κ3) is 1.83. The van der Waals surface area contributed by atoms with Gasteiger partial charge in [-0.1, -0.05) is 12.1 Å². The van der Waals surface area contributed by atoms with Crippen molar-refractivity contribution in [2.45, 2.75) is 6.92 Å². The normalized spacial score (nSPS) is 9.50. The minimum atomic E-state index is 0.649. The number of carbonyl (C=O) groups is 1. The van der Waals surface area contributed by atoms with Gasteiger partial charge in [-0.3, -0.25) is 4.79 Å².